The fourth-order valence-corrected chi connectivity index (χ4v) is 0.963. The number of methoxy groups -OCH3 is 1. The Hall–Kier alpha value is -1.43. The Balaban J connectivity index is 3.27. The number of pyridine rings is 1. The summed E-state index contributed by atoms with van der Waals surface area (Å²) in [7, 11) is 1.26. The van der Waals surface area contributed by atoms with E-state index < -0.39 is 24.5 Å². The highest BCUT2D eigenvalue weighted by Crippen LogP contribution is 2.31. The number of nitrogens with zero attached hydrogens (tertiary/aromatic N) is 1. The Morgan fingerprint density at radius 1 is 1.57 bits per heavy atom. The summed E-state index contributed by atoms with van der Waals surface area (Å²) in [5, 5.41) is 18.0. The molecule has 1 aromatic heterocycles. The predicted octanol–water partition coefficient (Wildman–Crippen LogP) is 1.23. The molecule has 0 unspecified atom stereocenters. The van der Waals surface area contributed by atoms with E-state index in [1.165, 1.54) is 13.2 Å². The molecule has 78 valence electrons. The van der Waals surface area contributed by atoms with Crippen molar-refractivity contribution in [3.63, 3.8) is 0 Å². The third-order valence-corrected chi connectivity index (χ3v) is 1.66. The topological polar surface area (TPSA) is 62.6 Å². The second-order valence-electron chi connectivity index (χ2n) is 2.52. The lowest BCUT2D eigenvalue weighted by Crippen LogP contribution is -1.99. The van der Waals surface area contributed by atoms with Gasteiger partial charge in [0.05, 0.1) is 13.7 Å². The summed E-state index contributed by atoms with van der Waals surface area (Å²) in [6, 6.07) is 1.20. The van der Waals surface area contributed by atoms with Gasteiger partial charge in [0.15, 0.2) is 5.69 Å². The van der Waals surface area contributed by atoms with Crippen LogP contribution in [0.25, 0.3) is 0 Å². The lowest BCUT2D eigenvalue weighted by Gasteiger charge is -2.08. The van der Waals surface area contributed by atoms with E-state index in [4.69, 9.17) is 5.11 Å². The Morgan fingerprint density at radius 2 is 2.21 bits per heavy atom. The highest BCUT2D eigenvalue weighted by Gasteiger charge is 2.19. The van der Waals surface area contributed by atoms with Gasteiger partial charge in [-0.2, -0.15) is 0 Å². The molecule has 2 N–H and O–H groups in total. The molecule has 0 atom stereocenters. The Labute approximate surface area is 78.8 Å². The van der Waals surface area contributed by atoms with Crippen LogP contribution in [0.2, 0.25) is 0 Å². The zero-order valence-corrected chi connectivity index (χ0v) is 7.37. The second kappa shape index (κ2) is 4.19. The van der Waals surface area contributed by atoms with Gasteiger partial charge in [0.1, 0.15) is 5.75 Å². The zero-order chi connectivity index (χ0) is 10.7. The fraction of sp³-hybridized carbons (Fsp3) is 0.375. The first-order valence-corrected chi connectivity index (χ1v) is 3.76. The van der Waals surface area contributed by atoms with Gasteiger partial charge in [0.25, 0.3) is 6.43 Å². The fourth-order valence-electron chi connectivity index (χ4n) is 0.963. The minimum Gasteiger partial charge on any atom is -0.505 e. The smallest absolute Gasteiger partial charge is 0.284 e. The molecule has 1 heterocycles. The van der Waals surface area contributed by atoms with E-state index in [9.17, 15) is 13.9 Å². The first-order chi connectivity index (χ1) is 6.60. The molecule has 0 bridgehead atoms. The van der Waals surface area contributed by atoms with E-state index in [-0.39, 0.29) is 11.4 Å². The summed E-state index contributed by atoms with van der Waals surface area (Å²) in [5.74, 6) is -0.759. The lowest BCUT2D eigenvalue weighted by atomic mass is 10.2. The molecule has 0 aliphatic carbocycles. The van der Waals surface area contributed by atoms with Crippen LogP contribution in [0, 0.1) is 0 Å². The Morgan fingerprint density at radius 3 is 2.64 bits per heavy atom. The quantitative estimate of drug-likeness (QED) is 0.778. The first kappa shape index (κ1) is 10.6. The lowest BCUT2D eigenvalue weighted by molar-refractivity contribution is 0.139. The Kier molecular flexibility index (Phi) is 3.19. The van der Waals surface area contributed by atoms with Gasteiger partial charge >= 0.3 is 0 Å². The van der Waals surface area contributed by atoms with Crippen molar-refractivity contribution in [2.45, 2.75) is 13.0 Å². The summed E-state index contributed by atoms with van der Waals surface area (Å²) >= 11 is 0. The highest BCUT2D eigenvalue weighted by molar-refractivity contribution is 5.39. The van der Waals surface area contributed by atoms with Crippen LogP contribution >= 0.6 is 0 Å². The normalized spacial score (nSPS) is 10.6. The molecule has 6 heteroatoms. The van der Waals surface area contributed by atoms with Gasteiger partial charge in [-0.15, -0.1) is 0 Å². The number of aliphatic hydroxyl groups is 1. The number of hydrogen-bond acceptors (Lipinski definition) is 4. The van der Waals surface area contributed by atoms with Crippen molar-refractivity contribution in [1.82, 2.24) is 4.98 Å². The molecule has 0 aliphatic rings. The highest BCUT2D eigenvalue weighted by atomic mass is 19.3. The molecule has 0 radical (unpaired) electrons. The van der Waals surface area contributed by atoms with Crippen molar-refractivity contribution in [2.24, 2.45) is 0 Å². The number of rotatable bonds is 3. The monoisotopic (exact) mass is 205 g/mol. The molecule has 1 aromatic rings. The summed E-state index contributed by atoms with van der Waals surface area (Å²) in [6.45, 7) is -0.551. The van der Waals surface area contributed by atoms with Crippen LogP contribution in [0.4, 0.5) is 8.78 Å². The third-order valence-electron chi connectivity index (χ3n) is 1.66. The minimum atomic E-state index is -2.91. The van der Waals surface area contributed by atoms with Gasteiger partial charge < -0.3 is 14.9 Å². The SMILES string of the molecule is COc1cc(CO)c(O)c(C(F)F)n1. The van der Waals surface area contributed by atoms with Crippen molar-refractivity contribution >= 4 is 0 Å². The largest absolute Gasteiger partial charge is 0.505 e. The van der Waals surface area contributed by atoms with Crippen molar-refractivity contribution in [3.8, 4) is 11.6 Å². The molecule has 0 saturated carbocycles. The van der Waals surface area contributed by atoms with Gasteiger partial charge in [-0.1, -0.05) is 0 Å². The van der Waals surface area contributed by atoms with E-state index in [2.05, 4.69) is 9.72 Å². The molecular weight excluding hydrogens is 196 g/mol. The molecule has 0 saturated heterocycles. The molecule has 0 spiro atoms. The number of alkyl halides is 2. The van der Waals surface area contributed by atoms with E-state index in [0.717, 1.165) is 0 Å². The third kappa shape index (κ3) is 1.90. The second-order valence-corrected chi connectivity index (χ2v) is 2.52. The number of aliphatic hydroxyl groups excluding tert-OH is 1. The van der Waals surface area contributed by atoms with Gasteiger partial charge in [-0.3, -0.25) is 0 Å². The molecule has 0 fully saturated rings. The number of hydrogen-bond donors (Lipinski definition) is 2. The number of aromatic nitrogens is 1. The summed E-state index contributed by atoms with van der Waals surface area (Å²) in [4.78, 5) is 3.37. The van der Waals surface area contributed by atoms with Gasteiger partial charge in [0.2, 0.25) is 5.88 Å². The molecule has 1 rings (SSSR count). The molecule has 0 aromatic carbocycles. The van der Waals surface area contributed by atoms with E-state index in [1.54, 1.807) is 0 Å². The van der Waals surface area contributed by atoms with Crippen molar-refractivity contribution < 1.29 is 23.7 Å². The average molecular weight is 205 g/mol. The van der Waals surface area contributed by atoms with Crippen LogP contribution in [0.1, 0.15) is 17.7 Å². The van der Waals surface area contributed by atoms with Crippen molar-refractivity contribution in [1.29, 1.82) is 0 Å². The minimum absolute atomic E-state index is 0.0350. The van der Waals surface area contributed by atoms with Crippen LogP contribution in [-0.2, 0) is 6.61 Å². The van der Waals surface area contributed by atoms with Gasteiger partial charge in [-0.05, 0) is 0 Å². The number of halogens is 2. The van der Waals surface area contributed by atoms with Crippen LogP contribution in [0.15, 0.2) is 6.07 Å². The van der Waals surface area contributed by atoms with E-state index in [0.29, 0.717) is 0 Å². The zero-order valence-electron chi connectivity index (χ0n) is 7.37. The van der Waals surface area contributed by atoms with Crippen LogP contribution in [0.3, 0.4) is 0 Å². The summed E-state index contributed by atoms with van der Waals surface area (Å²) in [6.07, 6.45) is -2.91. The maximum atomic E-state index is 12.3. The molecule has 0 amide bonds. The molecular formula is C8H9F2NO3. The van der Waals surface area contributed by atoms with Crippen molar-refractivity contribution in [2.75, 3.05) is 7.11 Å². The maximum Gasteiger partial charge on any atom is 0.284 e. The molecule has 14 heavy (non-hydrogen) atoms. The van der Waals surface area contributed by atoms with Crippen LogP contribution < -0.4 is 4.74 Å². The number of ether oxygens (including phenoxy) is 1. The van der Waals surface area contributed by atoms with Crippen LogP contribution in [0.5, 0.6) is 11.6 Å². The van der Waals surface area contributed by atoms with Gasteiger partial charge in [0, 0.05) is 11.6 Å². The first-order valence-electron chi connectivity index (χ1n) is 3.76. The standard InChI is InChI=1S/C8H9F2NO3/c1-14-5-2-4(3-12)7(13)6(11-5)8(9)10/h2,8,12-13H,3H2,1H3. The maximum absolute atomic E-state index is 12.3. The predicted molar refractivity (Wildman–Crippen MR) is 43.3 cm³/mol. The average Bonchev–Trinajstić information content (AvgIpc) is 2.17. The Bertz CT molecular complexity index is 331. The van der Waals surface area contributed by atoms with E-state index >= 15 is 0 Å². The molecule has 4 nitrogen and oxygen atoms in total. The van der Waals surface area contributed by atoms with Crippen molar-refractivity contribution in [3.05, 3.63) is 17.3 Å². The molecule has 0 aliphatic heterocycles. The van der Waals surface area contributed by atoms with Crippen LogP contribution in [-0.4, -0.2) is 22.3 Å². The van der Waals surface area contributed by atoms with Gasteiger partial charge in [-0.25, -0.2) is 13.8 Å². The summed E-state index contributed by atoms with van der Waals surface area (Å²) in [5.41, 5.74) is -0.819. The van der Waals surface area contributed by atoms with E-state index in [1.807, 2.05) is 0 Å². The number of aromatic hydroxyl groups is 1. The summed E-state index contributed by atoms with van der Waals surface area (Å²) < 4.78 is 29.2.